The van der Waals surface area contributed by atoms with Gasteiger partial charge in [0.2, 0.25) is 0 Å². The minimum Gasteiger partial charge on any atom is -0.390 e. The number of rotatable bonds is 8. The maximum Gasteiger partial charge on any atom is 0.174 e. The summed E-state index contributed by atoms with van der Waals surface area (Å²) >= 11 is 2.95. The largest absolute Gasteiger partial charge is 0.390 e. The third-order valence-corrected chi connectivity index (χ3v) is 3.49. The standard InChI is InChI=1S/C8H14N2O3S2/c1-12-2-3-13-4-7(11)5-14-8-10-9-6-15-8/h6-7,11H,2-5H2,1H3. The quantitative estimate of drug-likeness (QED) is 0.540. The predicted octanol–water partition coefficient (Wildman–Crippen LogP) is 0.654. The normalized spacial score (nSPS) is 12.9. The number of methoxy groups -OCH3 is 1. The summed E-state index contributed by atoms with van der Waals surface area (Å²) in [6.45, 7) is 1.39. The molecular formula is C8H14N2O3S2. The van der Waals surface area contributed by atoms with E-state index < -0.39 is 6.10 Å². The molecule has 1 unspecified atom stereocenters. The molecule has 86 valence electrons. The van der Waals surface area contributed by atoms with Crippen LogP contribution in [0.25, 0.3) is 0 Å². The van der Waals surface area contributed by atoms with E-state index in [-0.39, 0.29) is 0 Å². The van der Waals surface area contributed by atoms with Gasteiger partial charge in [-0.2, -0.15) is 0 Å². The van der Waals surface area contributed by atoms with Crippen LogP contribution in [0.1, 0.15) is 0 Å². The molecule has 0 fully saturated rings. The SMILES string of the molecule is COCCOCC(O)CSc1nncs1. The number of thioether (sulfide) groups is 1. The number of aliphatic hydroxyl groups is 1. The molecule has 1 N–H and O–H groups in total. The minimum atomic E-state index is -0.476. The number of aliphatic hydroxyl groups excluding tert-OH is 1. The Hall–Kier alpha value is -0.210. The topological polar surface area (TPSA) is 64.5 Å². The van der Waals surface area contributed by atoms with Crippen molar-refractivity contribution in [3.8, 4) is 0 Å². The summed E-state index contributed by atoms with van der Waals surface area (Å²) < 4.78 is 10.9. The molecule has 0 saturated heterocycles. The van der Waals surface area contributed by atoms with Gasteiger partial charge < -0.3 is 14.6 Å². The third kappa shape index (κ3) is 6.06. The zero-order chi connectivity index (χ0) is 10.9. The van der Waals surface area contributed by atoms with Gasteiger partial charge in [0, 0.05) is 12.9 Å². The first-order chi connectivity index (χ1) is 7.33. The molecule has 0 aliphatic heterocycles. The van der Waals surface area contributed by atoms with Gasteiger partial charge in [-0.1, -0.05) is 23.1 Å². The number of hydrogen-bond acceptors (Lipinski definition) is 7. The van der Waals surface area contributed by atoms with E-state index in [0.717, 1.165) is 4.34 Å². The van der Waals surface area contributed by atoms with Crippen molar-refractivity contribution in [3.05, 3.63) is 5.51 Å². The van der Waals surface area contributed by atoms with Crippen LogP contribution >= 0.6 is 23.1 Å². The molecule has 0 aliphatic carbocycles. The Labute approximate surface area is 96.8 Å². The highest BCUT2D eigenvalue weighted by molar-refractivity contribution is 8.01. The van der Waals surface area contributed by atoms with Gasteiger partial charge in [-0.15, -0.1) is 10.2 Å². The molecule has 1 aromatic heterocycles. The lowest BCUT2D eigenvalue weighted by Crippen LogP contribution is -2.19. The van der Waals surface area contributed by atoms with Gasteiger partial charge in [0.05, 0.1) is 25.9 Å². The molecule has 0 aliphatic rings. The first-order valence-electron chi connectivity index (χ1n) is 4.46. The summed E-state index contributed by atoms with van der Waals surface area (Å²) in [7, 11) is 1.62. The van der Waals surface area contributed by atoms with Crippen LogP contribution in [0, 0.1) is 0 Å². The third-order valence-electron chi connectivity index (χ3n) is 1.48. The molecule has 0 amide bonds. The smallest absolute Gasteiger partial charge is 0.174 e. The van der Waals surface area contributed by atoms with Crippen molar-refractivity contribution in [2.45, 2.75) is 10.4 Å². The van der Waals surface area contributed by atoms with Gasteiger partial charge in [0.1, 0.15) is 5.51 Å². The van der Waals surface area contributed by atoms with Crippen molar-refractivity contribution in [2.24, 2.45) is 0 Å². The number of nitrogens with zero attached hydrogens (tertiary/aromatic N) is 2. The summed E-state index contributed by atoms with van der Waals surface area (Å²) in [5.74, 6) is 0.572. The lowest BCUT2D eigenvalue weighted by Gasteiger charge is -2.09. The first kappa shape index (κ1) is 12.9. The fourth-order valence-corrected chi connectivity index (χ4v) is 2.22. The summed E-state index contributed by atoms with van der Waals surface area (Å²) in [4.78, 5) is 0. The van der Waals surface area contributed by atoms with E-state index in [1.54, 1.807) is 12.6 Å². The Morgan fingerprint density at radius 1 is 1.60 bits per heavy atom. The highest BCUT2D eigenvalue weighted by Gasteiger charge is 2.06. The molecule has 0 radical (unpaired) electrons. The average molecular weight is 250 g/mol. The second kappa shape index (κ2) is 8.00. The van der Waals surface area contributed by atoms with Crippen LogP contribution in [-0.2, 0) is 9.47 Å². The Morgan fingerprint density at radius 3 is 3.13 bits per heavy atom. The van der Waals surface area contributed by atoms with E-state index in [2.05, 4.69) is 10.2 Å². The van der Waals surface area contributed by atoms with Crippen molar-refractivity contribution in [2.75, 3.05) is 32.7 Å². The fourth-order valence-electron chi connectivity index (χ4n) is 0.803. The zero-order valence-corrected chi connectivity index (χ0v) is 10.1. The lowest BCUT2D eigenvalue weighted by molar-refractivity contribution is 0.0218. The van der Waals surface area contributed by atoms with Crippen LogP contribution in [0.15, 0.2) is 9.85 Å². The van der Waals surface area contributed by atoms with E-state index >= 15 is 0 Å². The van der Waals surface area contributed by atoms with Gasteiger partial charge in [-0.25, -0.2) is 0 Å². The van der Waals surface area contributed by atoms with Crippen molar-refractivity contribution in [1.82, 2.24) is 10.2 Å². The molecule has 7 heteroatoms. The van der Waals surface area contributed by atoms with Crippen LogP contribution in [-0.4, -0.2) is 54.1 Å². The molecule has 0 bridgehead atoms. The summed E-state index contributed by atoms with van der Waals surface area (Å²) in [5, 5.41) is 17.1. The molecule has 1 heterocycles. The van der Waals surface area contributed by atoms with E-state index in [0.29, 0.717) is 25.6 Å². The summed E-state index contributed by atoms with van der Waals surface area (Å²) in [6, 6.07) is 0. The average Bonchev–Trinajstić information content (AvgIpc) is 2.74. The highest BCUT2D eigenvalue weighted by Crippen LogP contribution is 2.19. The molecule has 15 heavy (non-hydrogen) atoms. The van der Waals surface area contributed by atoms with Gasteiger partial charge in [0.25, 0.3) is 0 Å². The van der Waals surface area contributed by atoms with Gasteiger partial charge in [0.15, 0.2) is 4.34 Å². The number of hydrogen-bond donors (Lipinski definition) is 1. The molecule has 1 atom stereocenters. The van der Waals surface area contributed by atoms with Crippen molar-refractivity contribution in [1.29, 1.82) is 0 Å². The van der Waals surface area contributed by atoms with E-state index in [1.165, 1.54) is 23.1 Å². The predicted molar refractivity (Wildman–Crippen MR) is 59.3 cm³/mol. The Bertz CT molecular complexity index is 246. The van der Waals surface area contributed by atoms with Crippen molar-refractivity contribution < 1.29 is 14.6 Å². The summed E-state index contributed by atoms with van der Waals surface area (Å²) in [6.07, 6.45) is -0.476. The van der Waals surface area contributed by atoms with Gasteiger partial charge in [-0.05, 0) is 0 Å². The van der Waals surface area contributed by atoms with Gasteiger partial charge in [-0.3, -0.25) is 0 Å². The van der Waals surface area contributed by atoms with Crippen molar-refractivity contribution >= 4 is 23.1 Å². The second-order valence-corrected chi connectivity index (χ2v) is 4.84. The first-order valence-corrected chi connectivity index (χ1v) is 6.33. The Balaban J connectivity index is 2.01. The molecule has 1 rings (SSSR count). The van der Waals surface area contributed by atoms with Crippen LogP contribution in [0.5, 0.6) is 0 Å². The Morgan fingerprint density at radius 2 is 2.47 bits per heavy atom. The highest BCUT2D eigenvalue weighted by atomic mass is 32.2. The monoisotopic (exact) mass is 250 g/mol. The molecular weight excluding hydrogens is 236 g/mol. The Kier molecular flexibility index (Phi) is 6.86. The molecule has 0 aromatic carbocycles. The second-order valence-electron chi connectivity index (χ2n) is 2.74. The van der Waals surface area contributed by atoms with Crippen LogP contribution in [0.4, 0.5) is 0 Å². The number of aromatic nitrogens is 2. The molecule has 0 saturated carbocycles. The number of ether oxygens (including phenoxy) is 2. The van der Waals surface area contributed by atoms with Crippen LogP contribution < -0.4 is 0 Å². The van der Waals surface area contributed by atoms with E-state index in [9.17, 15) is 5.11 Å². The van der Waals surface area contributed by atoms with Crippen LogP contribution in [0.3, 0.4) is 0 Å². The minimum absolute atomic E-state index is 0.329. The fraction of sp³-hybridized carbons (Fsp3) is 0.750. The van der Waals surface area contributed by atoms with E-state index in [1.807, 2.05) is 0 Å². The zero-order valence-electron chi connectivity index (χ0n) is 8.46. The van der Waals surface area contributed by atoms with E-state index in [4.69, 9.17) is 9.47 Å². The van der Waals surface area contributed by atoms with Gasteiger partial charge >= 0.3 is 0 Å². The lowest BCUT2D eigenvalue weighted by atomic mass is 10.4. The molecule has 5 nitrogen and oxygen atoms in total. The molecule has 0 spiro atoms. The van der Waals surface area contributed by atoms with Crippen molar-refractivity contribution in [3.63, 3.8) is 0 Å². The maximum absolute atomic E-state index is 9.52. The summed E-state index contributed by atoms with van der Waals surface area (Å²) in [5.41, 5.74) is 1.67. The van der Waals surface area contributed by atoms with Crippen LogP contribution in [0.2, 0.25) is 0 Å². The maximum atomic E-state index is 9.52. The molecule has 1 aromatic rings.